The summed E-state index contributed by atoms with van der Waals surface area (Å²) in [6.07, 6.45) is -0.328. The van der Waals surface area contributed by atoms with Crippen molar-refractivity contribution in [2.45, 2.75) is 90.8 Å². The lowest BCUT2D eigenvalue weighted by Crippen LogP contribution is -2.43. The fraction of sp³-hybridized carbons (Fsp3) is 0.682. The smallest absolute Gasteiger partial charge is 0.443 e. The molecule has 6 nitrogen and oxygen atoms in total. The number of rotatable bonds is 3. The van der Waals surface area contributed by atoms with Gasteiger partial charge in [-0.3, -0.25) is 0 Å². The Labute approximate surface area is 174 Å². The molecule has 7 heteroatoms. The van der Waals surface area contributed by atoms with Crippen LogP contribution in [-0.2, 0) is 25.2 Å². The number of hydrogen-bond donors (Lipinski definition) is 1. The van der Waals surface area contributed by atoms with E-state index >= 15 is 0 Å². The Morgan fingerprint density at radius 3 is 2.41 bits per heavy atom. The zero-order chi connectivity index (χ0) is 21.6. The van der Waals surface area contributed by atoms with Crippen LogP contribution in [0.5, 0.6) is 0 Å². The Balaban J connectivity index is 1.75. The minimum atomic E-state index is -0.436. The predicted octanol–water partition coefficient (Wildman–Crippen LogP) is 3.51. The van der Waals surface area contributed by atoms with Crippen molar-refractivity contribution in [3.05, 3.63) is 29.3 Å². The molecule has 2 heterocycles. The van der Waals surface area contributed by atoms with Gasteiger partial charge >= 0.3 is 13.2 Å². The maximum atomic E-state index is 12.2. The van der Waals surface area contributed by atoms with Crippen molar-refractivity contribution < 1.29 is 23.6 Å². The molecule has 2 aliphatic rings. The van der Waals surface area contributed by atoms with Crippen molar-refractivity contribution in [1.29, 1.82) is 0 Å². The highest BCUT2D eigenvalue weighted by molar-refractivity contribution is 6.62. The number of amides is 1. The molecule has 0 bridgehead atoms. The molecule has 0 radical (unpaired) electrons. The van der Waals surface area contributed by atoms with Crippen LogP contribution in [0.1, 0.15) is 72.6 Å². The van der Waals surface area contributed by atoms with Gasteiger partial charge in [-0.1, -0.05) is 18.2 Å². The monoisotopic (exact) mass is 403 g/mol. The van der Waals surface area contributed by atoms with E-state index in [0.29, 0.717) is 6.61 Å². The fourth-order valence-electron chi connectivity index (χ4n) is 3.59. The van der Waals surface area contributed by atoms with E-state index in [1.165, 1.54) is 5.56 Å². The highest BCUT2D eigenvalue weighted by Crippen LogP contribution is 2.37. The first kappa shape index (κ1) is 22.1. The van der Waals surface area contributed by atoms with Gasteiger partial charge in [0.1, 0.15) is 12.2 Å². The molecule has 1 fully saturated rings. The molecule has 1 N–H and O–H groups in total. The lowest BCUT2D eigenvalue weighted by atomic mass is 9.76. The molecule has 2 aliphatic heterocycles. The topological polar surface area (TPSA) is 66.0 Å². The number of alkyl carbamates (subject to hydrolysis) is 1. The highest BCUT2D eigenvalue weighted by Gasteiger charge is 2.51. The van der Waals surface area contributed by atoms with E-state index in [0.717, 1.165) is 17.4 Å². The van der Waals surface area contributed by atoms with Crippen molar-refractivity contribution in [3.8, 4) is 0 Å². The Kier molecular flexibility index (Phi) is 5.80. The molecule has 29 heavy (non-hydrogen) atoms. The molecule has 0 spiro atoms. The van der Waals surface area contributed by atoms with E-state index < -0.39 is 19.3 Å². The largest absolute Gasteiger partial charge is 0.494 e. The minimum absolute atomic E-state index is 0.295. The summed E-state index contributed by atoms with van der Waals surface area (Å²) < 4.78 is 23.9. The number of fused-ring (bicyclic) bond motifs is 1. The van der Waals surface area contributed by atoms with Crippen LogP contribution in [0.15, 0.2) is 18.2 Å². The van der Waals surface area contributed by atoms with Crippen molar-refractivity contribution in [2.24, 2.45) is 0 Å². The van der Waals surface area contributed by atoms with Crippen LogP contribution >= 0.6 is 0 Å². The summed E-state index contributed by atoms with van der Waals surface area (Å²) in [7, 11) is -0.391. The summed E-state index contributed by atoms with van der Waals surface area (Å²) in [6, 6.07) is 6.20. The van der Waals surface area contributed by atoms with Crippen molar-refractivity contribution in [3.63, 3.8) is 0 Å². The second kappa shape index (κ2) is 7.60. The summed E-state index contributed by atoms with van der Waals surface area (Å²) in [6.45, 7) is 16.4. The number of benzene rings is 1. The average Bonchev–Trinajstić information content (AvgIpc) is 2.79. The van der Waals surface area contributed by atoms with Crippen LogP contribution in [0.25, 0.3) is 0 Å². The number of hydrogen-bond acceptors (Lipinski definition) is 5. The van der Waals surface area contributed by atoms with E-state index in [-0.39, 0.29) is 22.8 Å². The highest BCUT2D eigenvalue weighted by atomic mass is 16.7. The molecule has 160 valence electrons. The normalized spacial score (nSPS) is 24.0. The summed E-state index contributed by atoms with van der Waals surface area (Å²) in [5, 5.41) is 2.82. The van der Waals surface area contributed by atoms with Crippen LogP contribution in [0.3, 0.4) is 0 Å². The number of ether oxygens (including phenoxy) is 2. The van der Waals surface area contributed by atoms with Gasteiger partial charge in [0, 0.05) is 5.54 Å². The lowest BCUT2D eigenvalue weighted by molar-refractivity contribution is -0.0461. The second-order valence-electron chi connectivity index (χ2n) is 10.1. The second-order valence-corrected chi connectivity index (χ2v) is 10.1. The predicted molar refractivity (Wildman–Crippen MR) is 113 cm³/mol. The Hall–Kier alpha value is -1.57. The van der Waals surface area contributed by atoms with E-state index in [1.54, 1.807) is 0 Å². The van der Waals surface area contributed by atoms with Gasteiger partial charge in [0.05, 0.1) is 17.8 Å². The fourth-order valence-corrected chi connectivity index (χ4v) is 3.59. The number of carbonyl (C=O) groups is 1. The first-order valence-electron chi connectivity index (χ1n) is 10.4. The molecule has 1 aromatic rings. The third-order valence-electron chi connectivity index (χ3n) is 5.86. The van der Waals surface area contributed by atoms with Gasteiger partial charge < -0.3 is 24.1 Å². The third-order valence-corrected chi connectivity index (χ3v) is 5.86. The number of carbonyl (C=O) groups excluding carboxylic acids is 1. The van der Waals surface area contributed by atoms with E-state index in [9.17, 15) is 4.79 Å². The maximum Gasteiger partial charge on any atom is 0.494 e. The summed E-state index contributed by atoms with van der Waals surface area (Å²) in [5.74, 6) is 0. The standard InChI is InChI=1S/C22H34BNO5/c1-14(27-19(25)24-20(2,3)4)18-17-10-9-16(13-15(17)11-12-26-18)23-28-21(5,6)22(7,8)29-23/h9-10,13-14,18H,11-12H2,1-8H3,(H,24,25). The van der Waals surface area contributed by atoms with Crippen LogP contribution in [0, 0.1) is 0 Å². The molecule has 2 unspecified atom stereocenters. The van der Waals surface area contributed by atoms with Crippen LogP contribution < -0.4 is 10.8 Å². The van der Waals surface area contributed by atoms with Gasteiger partial charge in [-0.05, 0) is 78.4 Å². The molecule has 1 amide bonds. The zero-order valence-electron chi connectivity index (χ0n) is 18.9. The van der Waals surface area contributed by atoms with Crippen molar-refractivity contribution in [2.75, 3.05) is 6.61 Å². The van der Waals surface area contributed by atoms with Crippen LogP contribution in [0.2, 0.25) is 0 Å². The lowest BCUT2D eigenvalue weighted by Gasteiger charge is -2.32. The summed E-state index contributed by atoms with van der Waals surface area (Å²) in [5.41, 5.74) is 2.14. The molecule has 0 aromatic heterocycles. The van der Waals surface area contributed by atoms with E-state index in [4.69, 9.17) is 18.8 Å². The molecule has 0 aliphatic carbocycles. The SMILES string of the molecule is CC(OC(=O)NC(C)(C)C)C1OCCc2cc(B3OC(C)(C)C(C)(C)O3)ccc21. The molecule has 2 atom stereocenters. The summed E-state index contributed by atoms with van der Waals surface area (Å²) in [4.78, 5) is 12.2. The van der Waals surface area contributed by atoms with Gasteiger partial charge in [-0.15, -0.1) is 0 Å². The molecular formula is C22H34BNO5. The number of nitrogens with one attached hydrogen (secondary N) is 1. The van der Waals surface area contributed by atoms with Gasteiger partial charge in [0.15, 0.2) is 0 Å². The zero-order valence-corrected chi connectivity index (χ0v) is 18.9. The van der Waals surface area contributed by atoms with Gasteiger partial charge in [0.2, 0.25) is 0 Å². The molecule has 1 aromatic carbocycles. The quantitative estimate of drug-likeness (QED) is 0.783. The molecular weight excluding hydrogens is 369 g/mol. The van der Waals surface area contributed by atoms with E-state index in [2.05, 4.69) is 39.1 Å². The van der Waals surface area contributed by atoms with Gasteiger partial charge in [-0.25, -0.2) is 4.79 Å². The minimum Gasteiger partial charge on any atom is -0.443 e. The average molecular weight is 403 g/mol. The molecule has 1 saturated heterocycles. The molecule has 3 rings (SSSR count). The Morgan fingerprint density at radius 2 is 1.83 bits per heavy atom. The van der Waals surface area contributed by atoms with Gasteiger partial charge in [-0.2, -0.15) is 0 Å². The summed E-state index contributed by atoms with van der Waals surface area (Å²) >= 11 is 0. The Bertz CT molecular complexity index is 755. The Morgan fingerprint density at radius 1 is 1.21 bits per heavy atom. The third kappa shape index (κ3) is 4.78. The first-order valence-corrected chi connectivity index (χ1v) is 10.4. The first-order chi connectivity index (χ1) is 13.3. The van der Waals surface area contributed by atoms with E-state index in [1.807, 2.05) is 39.8 Å². The maximum absolute atomic E-state index is 12.2. The molecule has 0 saturated carbocycles. The van der Waals surface area contributed by atoms with Crippen molar-refractivity contribution in [1.82, 2.24) is 5.32 Å². The van der Waals surface area contributed by atoms with Crippen molar-refractivity contribution >= 4 is 18.7 Å². The van der Waals surface area contributed by atoms with Gasteiger partial charge in [0.25, 0.3) is 0 Å². The van der Waals surface area contributed by atoms with Crippen LogP contribution in [-0.4, -0.2) is 42.7 Å². The van der Waals surface area contributed by atoms with Crippen LogP contribution in [0.4, 0.5) is 4.79 Å².